The molecule has 0 radical (unpaired) electrons. The zero-order chi connectivity index (χ0) is 12.8. The van der Waals surface area contributed by atoms with Crippen molar-refractivity contribution in [1.82, 2.24) is 15.0 Å². The molecule has 5 heteroatoms. The number of nitrogens with one attached hydrogen (secondary N) is 2. The van der Waals surface area contributed by atoms with Crippen molar-refractivity contribution in [3.8, 4) is 0 Å². The van der Waals surface area contributed by atoms with Crippen LogP contribution in [0.3, 0.4) is 0 Å². The molecule has 0 saturated carbocycles. The fourth-order valence-electron chi connectivity index (χ4n) is 1.55. The quantitative estimate of drug-likeness (QED) is 0.843. The summed E-state index contributed by atoms with van der Waals surface area (Å²) in [6.07, 6.45) is 5.42. The molecule has 5 nitrogen and oxygen atoms in total. The van der Waals surface area contributed by atoms with E-state index in [1.807, 2.05) is 38.4 Å². The maximum Gasteiger partial charge on any atom is 0.224 e. The number of rotatable bonds is 5. The molecule has 0 aliphatic rings. The lowest BCUT2D eigenvalue weighted by Gasteiger charge is -2.10. The van der Waals surface area contributed by atoms with Crippen LogP contribution in [0.4, 0.5) is 11.8 Å². The molecular formula is C13H17N5. The first-order valence-corrected chi connectivity index (χ1v) is 6.00. The molecule has 0 unspecified atom stereocenters. The molecule has 0 amide bonds. The Morgan fingerprint density at radius 3 is 2.83 bits per heavy atom. The third-order valence-corrected chi connectivity index (χ3v) is 2.49. The van der Waals surface area contributed by atoms with Crippen molar-refractivity contribution >= 4 is 11.8 Å². The van der Waals surface area contributed by atoms with Crippen molar-refractivity contribution in [1.29, 1.82) is 0 Å². The van der Waals surface area contributed by atoms with E-state index >= 15 is 0 Å². The van der Waals surface area contributed by atoms with Crippen LogP contribution in [-0.4, -0.2) is 21.5 Å². The summed E-state index contributed by atoms with van der Waals surface area (Å²) in [5.74, 6) is 1.50. The van der Waals surface area contributed by atoms with E-state index in [4.69, 9.17) is 0 Å². The molecule has 2 heterocycles. The van der Waals surface area contributed by atoms with Crippen LogP contribution in [-0.2, 0) is 6.54 Å². The SMILES string of the molecule is CCNc1ncc(C)c(NCc2cccnc2)n1. The molecule has 2 aromatic heterocycles. The predicted octanol–water partition coefficient (Wildman–Crippen LogP) is 2.22. The van der Waals surface area contributed by atoms with E-state index < -0.39 is 0 Å². The van der Waals surface area contributed by atoms with Gasteiger partial charge in [0.25, 0.3) is 0 Å². The zero-order valence-electron chi connectivity index (χ0n) is 10.6. The third kappa shape index (κ3) is 3.16. The van der Waals surface area contributed by atoms with Gasteiger partial charge in [-0.05, 0) is 25.5 Å². The van der Waals surface area contributed by atoms with Gasteiger partial charge in [0.2, 0.25) is 5.95 Å². The Bertz CT molecular complexity index is 498. The number of aryl methyl sites for hydroxylation is 1. The average molecular weight is 243 g/mol. The normalized spacial score (nSPS) is 10.1. The van der Waals surface area contributed by atoms with Crippen LogP contribution in [0.25, 0.3) is 0 Å². The molecule has 18 heavy (non-hydrogen) atoms. The molecule has 94 valence electrons. The van der Waals surface area contributed by atoms with E-state index in [9.17, 15) is 0 Å². The Balaban J connectivity index is 2.06. The van der Waals surface area contributed by atoms with Gasteiger partial charge in [0.1, 0.15) is 5.82 Å². The average Bonchev–Trinajstić information content (AvgIpc) is 2.41. The van der Waals surface area contributed by atoms with Gasteiger partial charge in [-0.2, -0.15) is 4.98 Å². The van der Waals surface area contributed by atoms with Crippen LogP contribution < -0.4 is 10.6 Å². The van der Waals surface area contributed by atoms with Crippen LogP contribution in [0, 0.1) is 6.92 Å². The molecule has 2 aromatic rings. The largest absolute Gasteiger partial charge is 0.366 e. The Hall–Kier alpha value is -2.17. The predicted molar refractivity (Wildman–Crippen MR) is 72.5 cm³/mol. The highest BCUT2D eigenvalue weighted by molar-refractivity contribution is 5.46. The second-order valence-electron chi connectivity index (χ2n) is 3.97. The van der Waals surface area contributed by atoms with Gasteiger partial charge in [-0.25, -0.2) is 4.98 Å². The Kier molecular flexibility index (Phi) is 4.06. The van der Waals surface area contributed by atoms with Crippen molar-refractivity contribution in [2.75, 3.05) is 17.2 Å². The highest BCUT2D eigenvalue weighted by Gasteiger charge is 2.02. The maximum absolute atomic E-state index is 4.42. The summed E-state index contributed by atoms with van der Waals surface area (Å²) in [4.78, 5) is 12.7. The van der Waals surface area contributed by atoms with Crippen LogP contribution in [0.2, 0.25) is 0 Å². The standard InChI is InChI=1S/C13H17N5/c1-3-15-13-17-7-10(2)12(18-13)16-9-11-5-4-6-14-8-11/h4-8H,3,9H2,1-2H3,(H2,15,16,17,18). The molecule has 2 N–H and O–H groups in total. The first-order chi connectivity index (χ1) is 8.79. The minimum Gasteiger partial charge on any atom is -0.366 e. The minimum atomic E-state index is 0.650. The molecule has 0 aliphatic carbocycles. The van der Waals surface area contributed by atoms with Crippen LogP contribution in [0.15, 0.2) is 30.7 Å². The van der Waals surface area contributed by atoms with E-state index in [0.29, 0.717) is 12.5 Å². The molecule has 0 aliphatic heterocycles. The van der Waals surface area contributed by atoms with Gasteiger partial charge >= 0.3 is 0 Å². The second-order valence-corrected chi connectivity index (χ2v) is 3.97. The van der Waals surface area contributed by atoms with Crippen molar-refractivity contribution in [3.05, 3.63) is 41.9 Å². The first kappa shape index (κ1) is 12.3. The lowest BCUT2D eigenvalue weighted by Crippen LogP contribution is -2.08. The lowest BCUT2D eigenvalue weighted by atomic mass is 10.3. The number of anilines is 2. The monoisotopic (exact) mass is 243 g/mol. The van der Waals surface area contributed by atoms with Crippen LogP contribution >= 0.6 is 0 Å². The topological polar surface area (TPSA) is 62.7 Å². The second kappa shape index (κ2) is 5.95. The van der Waals surface area contributed by atoms with Gasteiger partial charge in [0.05, 0.1) is 0 Å². The molecule has 2 rings (SSSR count). The van der Waals surface area contributed by atoms with E-state index in [-0.39, 0.29) is 0 Å². The van der Waals surface area contributed by atoms with Crippen LogP contribution in [0.1, 0.15) is 18.1 Å². The van der Waals surface area contributed by atoms with Gasteiger partial charge in [0.15, 0.2) is 0 Å². The number of hydrogen-bond donors (Lipinski definition) is 2. The van der Waals surface area contributed by atoms with Crippen molar-refractivity contribution in [3.63, 3.8) is 0 Å². The first-order valence-electron chi connectivity index (χ1n) is 6.00. The van der Waals surface area contributed by atoms with Crippen LogP contribution in [0.5, 0.6) is 0 Å². The number of aromatic nitrogens is 3. The third-order valence-electron chi connectivity index (χ3n) is 2.49. The van der Waals surface area contributed by atoms with E-state index in [1.54, 1.807) is 6.20 Å². The number of hydrogen-bond acceptors (Lipinski definition) is 5. The van der Waals surface area contributed by atoms with Gasteiger partial charge in [-0.1, -0.05) is 6.07 Å². The van der Waals surface area contributed by atoms with Crippen molar-refractivity contribution < 1.29 is 0 Å². The summed E-state index contributed by atoms with van der Waals surface area (Å²) in [7, 11) is 0. The van der Waals surface area contributed by atoms with Gasteiger partial charge < -0.3 is 10.6 Å². The highest BCUT2D eigenvalue weighted by atomic mass is 15.1. The molecule has 0 spiro atoms. The van der Waals surface area contributed by atoms with Gasteiger partial charge in [0, 0.05) is 37.2 Å². The minimum absolute atomic E-state index is 0.650. The summed E-state index contributed by atoms with van der Waals surface area (Å²) >= 11 is 0. The van der Waals surface area contributed by atoms with E-state index in [0.717, 1.165) is 23.5 Å². The van der Waals surface area contributed by atoms with Gasteiger partial charge in [-0.3, -0.25) is 4.98 Å². The van der Waals surface area contributed by atoms with E-state index in [2.05, 4.69) is 25.6 Å². The zero-order valence-corrected chi connectivity index (χ0v) is 10.6. The maximum atomic E-state index is 4.42. The molecule has 0 saturated heterocycles. The summed E-state index contributed by atoms with van der Waals surface area (Å²) in [5.41, 5.74) is 2.15. The summed E-state index contributed by atoms with van der Waals surface area (Å²) in [6, 6.07) is 3.95. The summed E-state index contributed by atoms with van der Waals surface area (Å²) in [5, 5.41) is 6.40. The van der Waals surface area contributed by atoms with Crippen molar-refractivity contribution in [2.24, 2.45) is 0 Å². The molecule has 0 aromatic carbocycles. The Morgan fingerprint density at radius 2 is 2.11 bits per heavy atom. The highest BCUT2D eigenvalue weighted by Crippen LogP contribution is 2.13. The number of nitrogens with zero attached hydrogens (tertiary/aromatic N) is 3. The molecule has 0 bridgehead atoms. The molecular weight excluding hydrogens is 226 g/mol. The van der Waals surface area contributed by atoms with Crippen molar-refractivity contribution in [2.45, 2.75) is 20.4 Å². The molecule has 0 fully saturated rings. The lowest BCUT2D eigenvalue weighted by molar-refractivity contribution is 1.03. The fourth-order valence-corrected chi connectivity index (χ4v) is 1.55. The molecule has 0 atom stereocenters. The number of pyridine rings is 1. The van der Waals surface area contributed by atoms with E-state index in [1.165, 1.54) is 0 Å². The summed E-state index contributed by atoms with van der Waals surface area (Å²) < 4.78 is 0. The van der Waals surface area contributed by atoms with Gasteiger partial charge in [-0.15, -0.1) is 0 Å². The summed E-state index contributed by atoms with van der Waals surface area (Å²) in [6.45, 7) is 5.52. The smallest absolute Gasteiger partial charge is 0.224 e. The fraction of sp³-hybridized carbons (Fsp3) is 0.308. The Morgan fingerprint density at radius 1 is 1.22 bits per heavy atom. The Labute approximate surface area is 107 Å².